The zero-order chi connectivity index (χ0) is 18.4. The number of aromatic nitrogens is 1. The summed E-state index contributed by atoms with van der Waals surface area (Å²) in [7, 11) is 1.62. The average Bonchev–Trinajstić information content (AvgIpc) is 3.06. The van der Waals surface area contributed by atoms with E-state index in [0.29, 0.717) is 30.5 Å². The largest absolute Gasteiger partial charge is 0.497 e. The standard InChI is InChI=1S/C20H25N3O3/c1-25-16-5-7-17(8-6-16)26-20-11-14(9-10-22-20)13-23-19(24)12-15-3-2-4-18(15)21/h5-11,15,18H,2-4,12-13,21H2,1H3,(H,23,24)/t15-,18+/m0/s1. The van der Waals surface area contributed by atoms with Crippen LogP contribution >= 0.6 is 0 Å². The predicted octanol–water partition coefficient (Wildman–Crippen LogP) is 3.02. The number of amides is 1. The van der Waals surface area contributed by atoms with Crippen molar-refractivity contribution in [2.45, 2.75) is 38.3 Å². The molecule has 26 heavy (non-hydrogen) atoms. The van der Waals surface area contributed by atoms with E-state index >= 15 is 0 Å². The number of hydrogen-bond donors (Lipinski definition) is 2. The summed E-state index contributed by atoms with van der Waals surface area (Å²) >= 11 is 0. The molecule has 0 spiro atoms. The highest BCUT2D eigenvalue weighted by molar-refractivity contribution is 5.76. The van der Waals surface area contributed by atoms with Crippen LogP contribution in [0.15, 0.2) is 42.6 Å². The number of carbonyl (C=O) groups is 1. The molecule has 0 radical (unpaired) electrons. The predicted molar refractivity (Wildman–Crippen MR) is 99.1 cm³/mol. The number of rotatable bonds is 7. The van der Waals surface area contributed by atoms with Crippen molar-refractivity contribution in [2.24, 2.45) is 11.7 Å². The van der Waals surface area contributed by atoms with Crippen LogP contribution in [0.1, 0.15) is 31.2 Å². The molecule has 0 bridgehead atoms. The van der Waals surface area contributed by atoms with Crippen molar-refractivity contribution >= 4 is 5.91 Å². The molecule has 1 heterocycles. The number of hydrogen-bond acceptors (Lipinski definition) is 5. The van der Waals surface area contributed by atoms with Gasteiger partial charge in [0.25, 0.3) is 0 Å². The lowest BCUT2D eigenvalue weighted by molar-refractivity contribution is -0.122. The third-order valence-electron chi connectivity index (χ3n) is 4.74. The molecule has 3 rings (SSSR count). The first-order valence-corrected chi connectivity index (χ1v) is 8.93. The Morgan fingerprint density at radius 2 is 2.00 bits per heavy atom. The Bertz CT molecular complexity index is 733. The SMILES string of the molecule is COc1ccc(Oc2cc(CNC(=O)C[C@@H]3CCC[C@H]3N)ccn2)cc1. The van der Waals surface area contributed by atoms with E-state index in [9.17, 15) is 4.79 Å². The first kappa shape index (κ1) is 18.2. The smallest absolute Gasteiger partial charge is 0.220 e. The fourth-order valence-corrected chi connectivity index (χ4v) is 3.21. The van der Waals surface area contributed by atoms with Gasteiger partial charge in [0.2, 0.25) is 11.8 Å². The lowest BCUT2D eigenvalue weighted by Gasteiger charge is -2.15. The molecule has 1 aromatic carbocycles. The molecule has 138 valence electrons. The molecular formula is C20H25N3O3. The minimum Gasteiger partial charge on any atom is -0.497 e. The summed E-state index contributed by atoms with van der Waals surface area (Å²) in [5, 5.41) is 2.96. The number of nitrogens with two attached hydrogens (primary N) is 1. The number of pyridine rings is 1. The van der Waals surface area contributed by atoms with Crippen LogP contribution in [0.5, 0.6) is 17.4 Å². The first-order chi connectivity index (χ1) is 12.6. The van der Waals surface area contributed by atoms with Gasteiger partial charge in [0.15, 0.2) is 0 Å². The van der Waals surface area contributed by atoms with Crippen LogP contribution in [-0.4, -0.2) is 24.0 Å². The van der Waals surface area contributed by atoms with Gasteiger partial charge in [0.05, 0.1) is 7.11 Å². The second-order valence-electron chi connectivity index (χ2n) is 6.62. The van der Waals surface area contributed by atoms with E-state index in [4.69, 9.17) is 15.2 Å². The normalized spacial score (nSPS) is 19.2. The van der Waals surface area contributed by atoms with Gasteiger partial charge in [-0.1, -0.05) is 6.42 Å². The van der Waals surface area contributed by atoms with Crippen LogP contribution in [-0.2, 0) is 11.3 Å². The zero-order valence-electron chi connectivity index (χ0n) is 15.0. The van der Waals surface area contributed by atoms with Crippen LogP contribution < -0.4 is 20.5 Å². The Kier molecular flexibility index (Phi) is 6.07. The Morgan fingerprint density at radius 3 is 2.69 bits per heavy atom. The van der Waals surface area contributed by atoms with Crippen LogP contribution in [0.4, 0.5) is 0 Å². The highest BCUT2D eigenvalue weighted by Crippen LogP contribution is 2.27. The molecule has 0 saturated heterocycles. The van der Waals surface area contributed by atoms with E-state index in [1.807, 2.05) is 36.4 Å². The maximum atomic E-state index is 12.1. The van der Waals surface area contributed by atoms with Crippen LogP contribution in [0.3, 0.4) is 0 Å². The van der Waals surface area contributed by atoms with Crippen LogP contribution in [0.25, 0.3) is 0 Å². The summed E-state index contributed by atoms with van der Waals surface area (Å²) in [5.41, 5.74) is 6.97. The van der Waals surface area contributed by atoms with Gasteiger partial charge in [0.1, 0.15) is 11.5 Å². The minimum absolute atomic E-state index is 0.0433. The van der Waals surface area contributed by atoms with Crippen molar-refractivity contribution in [2.75, 3.05) is 7.11 Å². The second-order valence-corrected chi connectivity index (χ2v) is 6.62. The van der Waals surface area contributed by atoms with Gasteiger partial charge in [0, 0.05) is 31.3 Å². The lowest BCUT2D eigenvalue weighted by Crippen LogP contribution is -2.31. The molecule has 1 aromatic heterocycles. The van der Waals surface area contributed by atoms with Gasteiger partial charge in [-0.2, -0.15) is 0 Å². The number of benzene rings is 1. The summed E-state index contributed by atoms with van der Waals surface area (Å²) < 4.78 is 10.9. The Morgan fingerprint density at radius 1 is 1.23 bits per heavy atom. The summed E-state index contributed by atoms with van der Waals surface area (Å²) in [6.07, 6.45) is 5.36. The molecule has 2 aromatic rings. The molecule has 0 aliphatic heterocycles. The molecule has 1 saturated carbocycles. The van der Waals surface area contributed by atoms with Crippen molar-refractivity contribution in [1.82, 2.24) is 10.3 Å². The monoisotopic (exact) mass is 355 g/mol. The third kappa shape index (κ3) is 4.95. The first-order valence-electron chi connectivity index (χ1n) is 8.93. The van der Waals surface area contributed by atoms with Crippen molar-refractivity contribution in [3.8, 4) is 17.4 Å². The van der Waals surface area contributed by atoms with E-state index < -0.39 is 0 Å². The van der Waals surface area contributed by atoms with Gasteiger partial charge in [-0.15, -0.1) is 0 Å². The average molecular weight is 355 g/mol. The fourth-order valence-electron chi connectivity index (χ4n) is 3.21. The maximum absolute atomic E-state index is 12.1. The maximum Gasteiger partial charge on any atom is 0.220 e. The van der Waals surface area contributed by atoms with Crippen LogP contribution in [0.2, 0.25) is 0 Å². The number of methoxy groups -OCH3 is 1. The number of nitrogens with zero attached hydrogens (tertiary/aromatic N) is 1. The van der Waals surface area contributed by atoms with E-state index in [2.05, 4.69) is 10.3 Å². The molecule has 1 fully saturated rings. The van der Waals surface area contributed by atoms with E-state index in [1.165, 1.54) is 0 Å². The van der Waals surface area contributed by atoms with E-state index in [-0.39, 0.29) is 11.9 Å². The van der Waals surface area contributed by atoms with Crippen LogP contribution in [0, 0.1) is 5.92 Å². The molecule has 3 N–H and O–H groups in total. The Labute approximate surface area is 153 Å². The molecule has 0 unspecified atom stereocenters. The highest BCUT2D eigenvalue weighted by Gasteiger charge is 2.25. The van der Waals surface area contributed by atoms with Gasteiger partial charge < -0.3 is 20.5 Å². The van der Waals surface area contributed by atoms with Gasteiger partial charge >= 0.3 is 0 Å². The van der Waals surface area contributed by atoms with Gasteiger partial charge in [-0.25, -0.2) is 4.98 Å². The molecule has 1 amide bonds. The minimum atomic E-state index is 0.0433. The lowest BCUT2D eigenvalue weighted by atomic mass is 10.00. The summed E-state index contributed by atoms with van der Waals surface area (Å²) in [4.78, 5) is 16.3. The molecule has 1 aliphatic carbocycles. The topological polar surface area (TPSA) is 86.5 Å². The van der Waals surface area contributed by atoms with Crippen molar-refractivity contribution < 1.29 is 14.3 Å². The summed E-state index contributed by atoms with van der Waals surface area (Å²) in [6, 6.07) is 11.1. The van der Waals surface area contributed by atoms with Gasteiger partial charge in [-0.3, -0.25) is 4.79 Å². The molecule has 6 nitrogen and oxygen atoms in total. The Balaban J connectivity index is 1.52. The molecule has 1 aliphatic rings. The van der Waals surface area contributed by atoms with Crippen molar-refractivity contribution in [1.29, 1.82) is 0 Å². The summed E-state index contributed by atoms with van der Waals surface area (Å²) in [6.45, 7) is 0.447. The zero-order valence-corrected chi connectivity index (χ0v) is 15.0. The van der Waals surface area contributed by atoms with E-state index in [0.717, 1.165) is 30.6 Å². The van der Waals surface area contributed by atoms with Crippen molar-refractivity contribution in [3.63, 3.8) is 0 Å². The number of nitrogens with one attached hydrogen (secondary N) is 1. The molecular weight excluding hydrogens is 330 g/mol. The Hall–Kier alpha value is -2.60. The third-order valence-corrected chi connectivity index (χ3v) is 4.74. The highest BCUT2D eigenvalue weighted by atomic mass is 16.5. The van der Waals surface area contributed by atoms with Crippen molar-refractivity contribution in [3.05, 3.63) is 48.2 Å². The molecule has 6 heteroatoms. The molecule has 2 atom stereocenters. The quantitative estimate of drug-likeness (QED) is 0.797. The number of ether oxygens (including phenoxy) is 2. The fraction of sp³-hybridized carbons (Fsp3) is 0.400. The van der Waals surface area contributed by atoms with E-state index in [1.54, 1.807) is 13.3 Å². The van der Waals surface area contributed by atoms with Gasteiger partial charge in [-0.05, 0) is 54.7 Å². The summed E-state index contributed by atoms with van der Waals surface area (Å²) in [5.74, 6) is 2.28. The second kappa shape index (κ2) is 8.67. The number of carbonyl (C=O) groups excluding carboxylic acids is 1.